The molecule has 7 heteroatoms. The van der Waals surface area contributed by atoms with E-state index in [0.717, 1.165) is 34.8 Å². The van der Waals surface area contributed by atoms with Crippen molar-refractivity contribution in [3.05, 3.63) is 64.2 Å². The second-order valence-corrected chi connectivity index (χ2v) is 7.61. The van der Waals surface area contributed by atoms with Crippen LogP contribution in [-0.2, 0) is 9.59 Å². The van der Waals surface area contributed by atoms with Gasteiger partial charge in [0.25, 0.3) is 11.8 Å². The summed E-state index contributed by atoms with van der Waals surface area (Å²) in [6, 6.07) is 11.5. The fraction of sp³-hybridized carbons (Fsp3) is 0.227. The number of benzene rings is 2. The molecular formula is C22H20ClN3O3. The summed E-state index contributed by atoms with van der Waals surface area (Å²) in [5, 5.41) is 2.72. The molecule has 148 valence electrons. The molecule has 0 saturated carbocycles. The summed E-state index contributed by atoms with van der Waals surface area (Å²) in [6.07, 6.45) is 3.91. The number of urea groups is 1. The second kappa shape index (κ2) is 7.72. The SMILES string of the molecule is Cc1cc(N2CCCC2)ccc1C=C1C(=O)NC(=O)N(c2ccc(Cl)cc2)C1=O. The van der Waals surface area contributed by atoms with E-state index in [2.05, 4.69) is 16.3 Å². The fourth-order valence-electron chi connectivity index (χ4n) is 3.63. The molecule has 2 fully saturated rings. The largest absolute Gasteiger partial charge is 0.372 e. The smallest absolute Gasteiger partial charge is 0.335 e. The van der Waals surface area contributed by atoms with Gasteiger partial charge in [-0.15, -0.1) is 0 Å². The van der Waals surface area contributed by atoms with Gasteiger partial charge in [0.1, 0.15) is 5.57 Å². The molecule has 2 heterocycles. The number of barbiturate groups is 1. The maximum atomic E-state index is 13.0. The molecule has 0 bridgehead atoms. The van der Waals surface area contributed by atoms with Crippen LogP contribution in [0.15, 0.2) is 48.0 Å². The van der Waals surface area contributed by atoms with Crippen LogP contribution in [0.5, 0.6) is 0 Å². The first-order chi connectivity index (χ1) is 13.9. The molecule has 2 aromatic rings. The molecule has 2 aromatic carbocycles. The van der Waals surface area contributed by atoms with E-state index in [1.165, 1.54) is 18.9 Å². The Balaban J connectivity index is 1.66. The number of rotatable bonds is 3. The molecule has 1 N–H and O–H groups in total. The second-order valence-electron chi connectivity index (χ2n) is 7.17. The molecule has 0 atom stereocenters. The summed E-state index contributed by atoms with van der Waals surface area (Å²) in [5.74, 6) is -1.36. The van der Waals surface area contributed by atoms with E-state index in [0.29, 0.717) is 10.7 Å². The van der Waals surface area contributed by atoms with Crippen LogP contribution in [-0.4, -0.2) is 30.9 Å². The van der Waals surface area contributed by atoms with Gasteiger partial charge in [-0.05, 0) is 73.4 Å². The van der Waals surface area contributed by atoms with Crippen molar-refractivity contribution in [1.82, 2.24) is 5.32 Å². The van der Waals surface area contributed by atoms with E-state index in [4.69, 9.17) is 11.6 Å². The van der Waals surface area contributed by atoms with Crippen LogP contribution < -0.4 is 15.1 Å². The van der Waals surface area contributed by atoms with E-state index in [-0.39, 0.29) is 5.57 Å². The van der Waals surface area contributed by atoms with Crippen LogP contribution in [0, 0.1) is 6.92 Å². The lowest BCUT2D eigenvalue weighted by Gasteiger charge is -2.26. The lowest BCUT2D eigenvalue weighted by Crippen LogP contribution is -2.54. The fourth-order valence-corrected chi connectivity index (χ4v) is 3.76. The number of nitrogens with zero attached hydrogens (tertiary/aromatic N) is 2. The number of anilines is 2. The number of hydrogen-bond donors (Lipinski definition) is 1. The Kier molecular flexibility index (Phi) is 5.11. The predicted octanol–water partition coefficient (Wildman–Crippen LogP) is 3.92. The van der Waals surface area contributed by atoms with Crippen molar-refractivity contribution >= 4 is 46.9 Å². The highest BCUT2D eigenvalue weighted by molar-refractivity contribution is 6.39. The standard InChI is InChI=1S/C22H20ClN3O3/c1-14-12-18(25-10-2-3-11-25)7-4-15(14)13-19-20(27)24-22(29)26(21(19)28)17-8-5-16(23)6-9-17/h4-9,12-13H,2-3,10-11H2,1H3,(H,24,27,29). The van der Waals surface area contributed by atoms with Gasteiger partial charge in [-0.2, -0.15) is 0 Å². The summed E-state index contributed by atoms with van der Waals surface area (Å²) in [6.45, 7) is 4.02. The Bertz CT molecular complexity index is 1020. The molecule has 0 radical (unpaired) electrons. The Morgan fingerprint density at radius 2 is 1.62 bits per heavy atom. The zero-order valence-electron chi connectivity index (χ0n) is 15.9. The molecule has 0 spiro atoms. The highest BCUT2D eigenvalue weighted by Crippen LogP contribution is 2.27. The molecular weight excluding hydrogens is 390 g/mol. The molecule has 0 unspecified atom stereocenters. The molecule has 2 aliphatic heterocycles. The van der Waals surface area contributed by atoms with E-state index in [1.54, 1.807) is 24.3 Å². The first-order valence-electron chi connectivity index (χ1n) is 9.46. The molecule has 0 aromatic heterocycles. The predicted molar refractivity (Wildman–Crippen MR) is 113 cm³/mol. The summed E-state index contributed by atoms with van der Waals surface area (Å²) in [4.78, 5) is 40.8. The van der Waals surface area contributed by atoms with Crippen molar-refractivity contribution in [3.63, 3.8) is 0 Å². The molecule has 29 heavy (non-hydrogen) atoms. The molecule has 4 amide bonds. The third-order valence-electron chi connectivity index (χ3n) is 5.21. The van der Waals surface area contributed by atoms with Crippen LogP contribution in [0.25, 0.3) is 6.08 Å². The number of aryl methyl sites for hydroxylation is 1. The van der Waals surface area contributed by atoms with Crippen LogP contribution >= 0.6 is 11.6 Å². The lowest BCUT2D eigenvalue weighted by atomic mass is 10.0. The number of hydrogen-bond acceptors (Lipinski definition) is 4. The maximum Gasteiger partial charge on any atom is 0.335 e. The lowest BCUT2D eigenvalue weighted by molar-refractivity contribution is -0.122. The zero-order valence-corrected chi connectivity index (χ0v) is 16.7. The van der Waals surface area contributed by atoms with E-state index < -0.39 is 17.8 Å². The number of nitrogens with one attached hydrogen (secondary N) is 1. The number of imide groups is 2. The number of amides is 4. The summed E-state index contributed by atoms with van der Waals surface area (Å²) in [7, 11) is 0. The summed E-state index contributed by atoms with van der Waals surface area (Å²) >= 11 is 5.89. The van der Waals surface area contributed by atoms with Crippen molar-refractivity contribution in [1.29, 1.82) is 0 Å². The molecule has 2 saturated heterocycles. The Hall–Kier alpha value is -3.12. The van der Waals surface area contributed by atoms with Crippen LogP contribution in [0.2, 0.25) is 5.02 Å². The van der Waals surface area contributed by atoms with Gasteiger partial charge in [-0.1, -0.05) is 17.7 Å². The average molecular weight is 410 g/mol. The Morgan fingerprint density at radius 1 is 0.966 bits per heavy atom. The van der Waals surface area contributed by atoms with Gasteiger partial charge in [0.2, 0.25) is 0 Å². The minimum Gasteiger partial charge on any atom is -0.372 e. The average Bonchev–Trinajstić information content (AvgIpc) is 3.22. The van der Waals surface area contributed by atoms with E-state index >= 15 is 0 Å². The number of carbonyl (C=O) groups excluding carboxylic acids is 3. The Morgan fingerprint density at radius 3 is 2.28 bits per heavy atom. The summed E-state index contributed by atoms with van der Waals surface area (Å²) in [5.41, 5.74) is 3.11. The normalized spacial score (nSPS) is 18.6. The number of carbonyl (C=O) groups is 3. The van der Waals surface area contributed by atoms with Gasteiger partial charge in [-0.25, -0.2) is 9.69 Å². The van der Waals surface area contributed by atoms with Gasteiger partial charge >= 0.3 is 6.03 Å². The van der Waals surface area contributed by atoms with Gasteiger partial charge < -0.3 is 4.90 Å². The van der Waals surface area contributed by atoms with Gasteiger partial charge in [0, 0.05) is 23.8 Å². The highest BCUT2D eigenvalue weighted by atomic mass is 35.5. The first-order valence-corrected chi connectivity index (χ1v) is 9.84. The quantitative estimate of drug-likeness (QED) is 0.616. The molecule has 4 rings (SSSR count). The minimum atomic E-state index is -0.777. The van der Waals surface area contributed by atoms with Crippen molar-refractivity contribution in [2.75, 3.05) is 22.9 Å². The van der Waals surface area contributed by atoms with Gasteiger partial charge in [0.15, 0.2) is 0 Å². The van der Waals surface area contributed by atoms with E-state index in [9.17, 15) is 14.4 Å². The Labute approximate surface area is 173 Å². The van der Waals surface area contributed by atoms with E-state index in [1.807, 2.05) is 19.1 Å². The van der Waals surface area contributed by atoms with Crippen LogP contribution in [0.3, 0.4) is 0 Å². The maximum absolute atomic E-state index is 13.0. The summed E-state index contributed by atoms with van der Waals surface area (Å²) < 4.78 is 0. The van der Waals surface area contributed by atoms with Gasteiger partial charge in [0.05, 0.1) is 5.69 Å². The topological polar surface area (TPSA) is 69.7 Å². The minimum absolute atomic E-state index is 0.0865. The highest BCUT2D eigenvalue weighted by Gasteiger charge is 2.36. The third kappa shape index (κ3) is 3.76. The zero-order chi connectivity index (χ0) is 20.5. The number of halogens is 1. The van der Waals surface area contributed by atoms with Gasteiger partial charge in [-0.3, -0.25) is 14.9 Å². The van der Waals surface area contributed by atoms with Crippen LogP contribution in [0.4, 0.5) is 16.2 Å². The van der Waals surface area contributed by atoms with Crippen molar-refractivity contribution in [2.24, 2.45) is 0 Å². The van der Waals surface area contributed by atoms with Crippen molar-refractivity contribution < 1.29 is 14.4 Å². The van der Waals surface area contributed by atoms with Crippen molar-refractivity contribution in [3.8, 4) is 0 Å². The first kappa shape index (κ1) is 19.2. The molecule has 2 aliphatic rings. The monoisotopic (exact) mass is 409 g/mol. The molecule has 6 nitrogen and oxygen atoms in total. The third-order valence-corrected chi connectivity index (χ3v) is 5.46. The molecule has 0 aliphatic carbocycles. The van der Waals surface area contributed by atoms with Crippen molar-refractivity contribution in [2.45, 2.75) is 19.8 Å². The van der Waals surface area contributed by atoms with Crippen LogP contribution in [0.1, 0.15) is 24.0 Å².